The summed E-state index contributed by atoms with van der Waals surface area (Å²) in [5.74, 6) is -1.63. The number of nitrogens with one attached hydrogen (secondary N) is 1. The van der Waals surface area contributed by atoms with Crippen molar-refractivity contribution < 1.29 is 26.0 Å². The SMILES string of the molecule is O=S(=O)(Cc1ccccc1)NC(Cc1ccccc1)(c1cc(F)cc(C(F)(F)F)c1)c1ccc(Cl)cn1. The fourth-order valence-electron chi connectivity index (χ4n) is 4.11. The van der Waals surface area contributed by atoms with Crippen LogP contribution in [0.4, 0.5) is 17.6 Å². The molecule has 1 aromatic heterocycles. The predicted octanol–water partition coefficient (Wildman–Crippen LogP) is 6.50. The van der Waals surface area contributed by atoms with Crippen molar-refractivity contribution in [1.82, 2.24) is 9.71 Å². The summed E-state index contributed by atoms with van der Waals surface area (Å²) in [4.78, 5) is 4.27. The van der Waals surface area contributed by atoms with Crippen LogP contribution < -0.4 is 4.72 Å². The molecule has 0 aliphatic carbocycles. The normalized spacial score (nSPS) is 13.8. The van der Waals surface area contributed by atoms with Crippen molar-refractivity contribution in [2.24, 2.45) is 0 Å². The van der Waals surface area contributed by atoms with Gasteiger partial charge in [0.15, 0.2) is 0 Å². The predicted molar refractivity (Wildman–Crippen MR) is 134 cm³/mol. The fraction of sp³-hybridized carbons (Fsp3) is 0.148. The number of sulfonamides is 1. The molecule has 0 saturated heterocycles. The number of nitrogens with zero attached hydrogens (tertiary/aromatic N) is 1. The van der Waals surface area contributed by atoms with Crippen molar-refractivity contribution in [1.29, 1.82) is 0 Å². The molecule has 0 aliphatic heterocycles. The summed E-state index contributed by atoms with van der Waals surface area (Å²) < 4.78 is 85.4. The molecule has 0 aliphatic rings. The minimum atomic E-state index is -4.87. The first kappa shape index (κ1) is 26.8. The first-order valence-corrected chi connectivity index (χ1v) is 13.1. The number of aromatic nitrogens is 1. The number of hydrogen-bond donors (Lipinski definition) is 1. The lowest BCUT2D eigenvalue weighted by atomic mass is 9.81. The summed E-state index contributed by atoms with van der Waals surface area (Å²) in [7, 11) is -4.21. The minimum Gasteiger partial charge on any atom is -0.257 e. The Morgan fingerprint density at radius 3 is 1.97 bits per heavy atom. The Bertz CT molecular complexity index is 1470. The molecule has 0 bridgehead atoms. The molecule has 1 atom stereocenters. The van der Waals surface area contributed by atoms with E-state index in [1.54, 1.807) is 60.7 Å². The van der Waals surface area contributed by atoms with E-state index in [1.165, 1.54) is 18.3 Å². The summed E-state index contributed by atoms with van der Waals surface area (Å²) in [5, 5.41) is 0.236. The number of pyridine rings is 1. The number of rotatable bonds is 8. The highest BCUT2D eigenvalue weighted by molar-refractivity contribution is 7.88. The van der Waals surface area contributed by atoms with E-state index in [9.17, 15) is 26.0 Å². The van der Waals surface area contributed by atoms with Crippen LogP contribution in [0.2, 0.25) is 5.02 Å². The van der Waals surface area contributed by atoms with Crippen LogP contribution in [0.3, 0.4) is 0 Å². The largest absolute Gasteiger partial charge is 0.416 e. The van der Waals surface area contributed by atoms with Crippen LogP contribution in [-0.2, 0) is 33.9 Å². The van der Waals surface area contributed by atoms with Crippen LogP contribution in [0.5, 0.6) is 0 Å². The highest BCUT2D eigenvalue weighted by Gasteiger charge is 2.42. The van der Waals surface area contributed by atoms with Crippen LogP contribution >= 0.6 is 11.6 Å². The van der Waals surface area contributed by atoms with E-state index < -0.39 is 38.9 Å². The molecule has 37 heavy (non-hydrogen) atoms. The topological polar surface area (TPSA) is 59.1 Å². The molecule has 0 spiro atoms. The summed E-state index contributed by atoms with van der Waals surface area (Å²) in [6, 6.07) is 21.7. The van der Waals surface area contributed by atoms with Crippen LogP contribution in [0.25, 0.3) is 0 Å². The fourth-order valence-corrected chi connectivity index (χ4v) is 5.75. The van der Waals surface area contributed by atoms with Gasteiger partial charge in [0.2, 0.25) is 10.0 Å². The highest BCUT2D eigenvalue weighted by atomic mass is 35.5. The zero-order valence-corrected chi connectivity index (χ0v) is 20.8. The molecule has 1 N–H and O–H groups in total. The van der Waals surface area contributed by atoms with E-state index in [0.717, 1.165) is 12.1 Å². The number of benzene rings is 3. The van der Waals surface area contributed by atoms with E-state index in [4.69, 9.17) is 11.6 Å². The molecule has 0 amide bonds. The standard InChI is InChI=1S/C27H21ClF4N2O2S/c28-23-11-12-25(33-17-23)26(16-19-7-3-1-4-8-19,21-13-22(27(30,31)32)15-24(29)14-21)34-37(35,36)18-20-9-5-2-6-10-20/h1-15,17,34H,16,18H2. The molecular weight excluding hydrogens is 528 g/mol. The molecule has 4 rings (SSSR count). The van der Waals surface area contributed by atoms with E-state index in [1.807, 2.05) is 0 Å². The summed E-state index contributed by atoms with van der Waals surface area (Å²) in [6.45, 7) is 0. The number of halogens is 5. The van der Waals surface area contributed by atoms with E-state index in [2.05, 4.69) is 9.71 Å². The lowest BCUT2D eigenvalue weighted by molar-refractivity contribution is -0.137. The quantitative estimate of drug-likeness (QED) is 0.256. The van der Waals surface area contributed by atoms with Gasteiger partial charge in [-0.15, -0.1) is 0 Å². The summed E-state index contributed by atoms with van der Waals surface area (Å²) >= 11 is 6.01. The van der Waals surface area contributed by atoms with Gasteiger partial charge in [-0.1, -0.05) is 72.3 Å². The molecule has 0 saturated carbocycles. The van der Waals surface area contributed by atoms with Crippen LogP contribution in [0.15, 0.2) is 97.2 Å². The summed E-state index contributed by atoms with van der Waals surface area (Å²) in [6.07, 6.45) is -3.77. The van der Waals surface area contributed by atoms with E-state index >= 15 is 0 Å². The maximum atomic E-state index is 14.7. The molecule has 0 radical (unpaired) electrons. The Morgan fingerprint density at radius 2 is 1.41 bits per heavy atom. The molecule has 3 aromatic carbocycles. The van der Waals surface area contributed by atoms with Gasteiger partial charge in [0.25, 0.3) is 0 Å². The molecule has 1 heterocycles. The maximum Gasteiger partial charge on any atom is 0.416 e. The van der Waals surface area contributed by atoms with Gasteiger partial charge in [-0.05, 0) is 47.0 Å². The third kappa shape index (κ3) is 6.54. The van der Waals surface area contributed by atoms with Gasteiger partial charge in [-0.25, -0.2) is 12.8 Å². The molecule has 10 heteroatoms. The van der Waals surface area contributed by atoms with Crippen LogP contribution in [0.1, 0.15) is 27.9 Å². The highest BCUT2D eigenvalue weighted by Crippen LogP contribution is 2.38. The Balaban J connectivity index is 1.97. The van der Waals surface area contributed by atoms with Gasteiger partial charge in [0.05, 0.1) is 22.0 Å². The van der Waals surface area contributed by atoms with Crippen molar-refractivity contribution >= 4 is 21.6 Å². The third-order valence-electron chi connectivity index (χ3n) is 5.72. The van der Waals surface area contributed by atoms with Crippen molar-refractivity contribution in [3.63, 3.8) is 0 Å². The number of alkyl halides is 3. The van der Waals surface area contributed by atoms with Crippen molar-refractivity contribution in [2.75, 3.05) is 0 Å². The molecule has 4 nitrogen and oxygen atoms in total. The minimum absolute atomic E-state index is 0.0520. The third-order valence-corrected chi connectivity index (χ3v) is 7.32. The summed E-state index contributed by atoms with van der Waals surface area (Å²) in [5.41, 5.74) is -2.31. The maximum absolute atomic E-state index is 14.7. The van der Waals surface area contributed by atoms with Gasteiger partial charge in [0, 0.05) is 12.6 Å². The Kier molecular flexibility index (Phi) is 7.68. The number of hydrogen-bond acceptors (Lipinski definition) is 3. The van der Waals surface area contributed by atoms with Gasteiger partial charge in [-0.2, -0.15) is 17.9 Å². The second-order valence-electron chi connectivity index (χ2n) is 8.50. The molecule has 4 aromatic rings. The van der Waals surface area contributed by atoms with E-state index in [0.29, 0.717) is 17.2 Å². The van der Waals surface area contributed by atoms with Crippen molar-refractivity contribution in [3.8, 4) is 0 Å². The lowest BCUT2D eigenvalue weighted by Gasteiger charge is -2.35. The average molecular weight is 549 g/mol. The smallest absolute Gasteiger partial charge is 0.257 e. The van der Waals surface area contributed by atoms with Gasteiger partial charge in [0.1, 0.15) is 11.4 Å². The zero-order valence-electron chi connectivity index (χ0n) is 19.2. The van der Waals surface area contributed by atoms with E-state index in [-0.39, 0.29) is 22.7 Å². The van der Waals surface area contributed by atoms with Gasteiger partial charge < -0.3 is 0 Å². The van der Waals surface area contributed by atoms with Crippen molar-refractivity contribution in [2.45, 2.75) is 23.9 Å². The first-order valence-electron chi connectivity index (χ1n) is 11.1. The van der Waals surface area contributed by atoms with Crippen LogP contribution in [0, 0.1) is 5.82 Å². The van der Waals surface area contributed by atoms with Gasteiger partial charge in [-0.3, -0.25) is 4.98 Å². The van der Waals surface area contributed by atoms with Crippen LogP contribution in [-0.4, -0.2) is 13.4 Å². The molecule has 1 unspecified atom stereocenters. The molecular formula is C27H21ClF4N2O2S. The first-order chi connectivity index (χ1) is 17.5. The van der Waals surface area contributed by atoms with Gasteiger partial charge >= 0.3 is 6.18 Å². The molecule has 0 fully saturated rings. The Labute approximate surface area is 217 Å². The monoisotopic (exact) mass is 548 g/mol. The second-order valence-corrected chi connectivity index (χ2v) is 10.7. The average Bonchev–Trinajstić information content (AvgIpc) is 2.84. The Morgan fingerprint density at radius 1 is 0.811 bits per heavy atom. The zero-order chi connectivity index (χ0) is 26.7. The lowest BCUT2D eigenvalue weighted by Crippen LogP contribution is -2.49. The Hall–Kier alpha value is -3.27. The second kappa shape index (κ2) is 10.6. The van der Waals surface area contributed by atoms with Crippen molar-refractivity contribution in [3.05, 3.63) is 136 Å². The molecule has 192 valence electrons.